The summed E-state index contributed by atoms with van der Waals surface area (Å²) >= 11 is 0. The molecular formula is C23H30NO7+. The zero-order chi connectivity index (χ0) is 22.8. The first-order valence-corrected chi connectivity index (χ1v) is 10.1. The Labute approximate surface area is 182 Å². The number of carbonyl (C=O) groups is 2. The Kier molecular flexibility index (Phi) is 9.30. The summed E-state index contributed by atoms with van der Waals surface area (Å²) in [4.78, 5) is 23.7. The first kappa shape index (κ1) is 24.2. The number of aliphatic carboxylic acids is 1. The third kappa shape index (κ3) is 7.92. The molecular weight excluding hydrogens is 402 g/mol. The minimum Gasteiger partial charge on any atom is -0.497 e. The van der Waals surface area contributed by atoms with Gasteiger partial charge in [0, 0.05) is 24.1 Å². The first-order valence-electron chi connectivity index (χ1n) is 10.1. The summed E-state index contributed by atoms with van der Waals surface area (Å²) in [6.07, 6.45) is -1.47. The SMILES string of the molecule is CCOc1ccc(CC(OC(C)C)C(=O)O)cc1COC(=O)[NH2+]c1ccc(OC)cc1. The number of carboxylic acids is 1. The highest BCUT2D eigenvalue weighted by Gasteiger charge is 2.21. The molecule has 0 saturated carbocycles. The summed E-state index contributed by atoms with van der Waals surface area (Å²) in [7, 11) is 1.57. The number of nitrogens with two attached hydrogens (primary N) is 1. The summed E-state index contributed by atoms with van der Waals surface area (Å²) in [5.41, 5.74) is 2.10. The van der Waals surface area contributed by atoms with Crippen molar-refractivity contribution in [1.29, 1.82) is 0 Å². The standard InChI is InChI=1S/C23H29NO7/c1-5-29-20-11-6-16(13-21(22(25)26)31-15(2)3)12-17(20)14-30-23(27)24-18-7-9-19(28-4)10-8-18/h6-12,15,21H,5,13-14H2,1-4H3,(H,24,27)(H,25,26)/p+1. The molecule has 1 unspecified atom stereocenters. The molecule has 2 aromatic carbocycles. The van der Waals surface area contributed by atoms with E-state index >= 15 is 0 Å². The average molecular weight is 432 g/mol. The van der Waals surface area contributed by atoms with E-state index in [1.165, 1.54) is 5.32 Å². The summed E-state index contributed by atoms with van der Waals surface area (Å²) in [6, 6.07) is 12.4. The molecule has 2 aromatic rings. The number of quaternary nitrogens is 1. The number of hydrogen-bond donors (Lipinski definition) is 2. The second-order valence-corrected chi connectivity index (χ2v) is 7.12. The van der Waals surface area contributed by atoms with Crippen molar-refractivity contribution in [3.05, 3.63) is 53.6 Å². The summed E-state index contributed by atoms with van der Waals surface area (Å²) in [5, 5.41) is 10.8. The van der Waals surface area contributed by atoms with Crippen molar-refractivity contribution in [2.75, 3.05) is 13.7 Å². The van der Waals surface area contributed by atoms with Crippen LogP contribution in [0.5, 0.6) is 11.5 Å². The number of benzene rings is 2. The van der Waals surface area contributed by atoms with Gasteiger partial charge in [0.2, 0.25) is 0 Å². The minimum absolute atomic E-state index is 0.00254. The number of carboxylic acid groups (broad SMARTS) is 1. The van der Waals surface area contributed by atoms with Crippen molar-refractivity contribution in [3.8, 4) is 11.5 Å². The molecule has 2 rings (SSSR count). The van der Waals surface area contributed by atoms with Crippen LogP contribution in [-0.4, -0.2) is 43.1 Å². The van der Waals surface area contributed by atoms with Gasteiger partial charge in [0.25, 0.3) is 0 Å². The molecule has 1 atom stereocenters. The third-order valence-electron chi connectivity index (χ3n) is 4.33. The lowest BCUT2D eigenvalue weighted by molar-refractivity contribution is -0.483. The van der Waals surface area contributed by atoms with Gasteiger partial charge >= 0.3 is 12.1 Å². The fourth-order valence-electron chi connectivity index (χ4n) is 2.93. The lowest BCUT2D eigenvalue weighted by Crippen LogP contribution is -2.82. The lowest BCUT2D eigenvalue weighted by atomic mass is 10.0. The normalized spacial score (nSPS) is 11.8. The van der Waals surface area contributed by atoms with Crippen LogP contribution in [-0.2, 0) is 27.3 Å². The fourth-order valence-corrected chi connectivity index (χ4v) is 2.93. The largest absolute Gasteiger partial charge is 0.518 e. The van der Waals surface area contributed by atoms with Crippen molar-refractivity contribution >= 4 is 17.7 Å². The Morgan fingerprint density at radius 3 is 2.39 bits per heavy atom. The van der Waals surface area contributed by atoms with Gasteiger partial charge in [0.1, 0.15) is 23.8 Å². The minimum atomic E-state index is -1.02. The van der Waals surface area contributed by atoms with Crippen LogP contribution in [0.1, 0.15) is 31.9 Å². The van der Waals surface area contributed by atoms with E-state index in [1.54, 1.807) is 63.4 Å². The topological polar surface area (TPSA) is 108 Å². The number of amides is 1. The highest BCUT2D eigenvalue weighted by molar-refractivity contribution is 5.72. The number of carbonyl (C=O) groups excluding carboxylic acids is 1. The molecule has 0 bridgehead atoms. The summed E-state index contributed by atoms with van der Waals surface area (Å²) in [5.74, 6) is 0.259. The van der Waals surface area contributed by atoms with Crippen molar-refractivity contribution in [3.63, 3.8) is 0 Å². The third-order valence-corrected chi connectivity index (χ3v) is 4.33. The van der Waals surface area contributed by atoms with Crippen LogP contribution in [0.15, 0.2) is 42.5 Å². The Morgan fingerprint density at radius 2 is 1.81 bits per heavy atom. The van der Waals surface area contributed by atoms with Crippen LogP contribution < -0.4 is 14.8 Å². The van der Waals surface area contributed by atoms with Crippen molar-refractivity contribution < 1.29 is 39.0 Å². The van der Waals surface area contributed by atoms with Crippen LogP contribution in [0.2, 0.25) is 0 Å². The second-order valence-electron chi connectivity index (χ2n) is 7.12. The van der Waals surface area contributed by atoms with Crippen molar-refractivity contribution in [2.45, 2.75) is 46.0 Å². The molecule has 31 heavy (non-hydrogen) atoms. The molecule has 0 radical (unpaired) electrons. The maximum absolute atomic E-state index is 12.2. The number of hydrogen-bond acceptors (Lipinski definition) is 6. The Balaban J connectivity index is 2.07. The molecule has 1 amide bonds. The predicted molar refractivity (Wildman–Crippen MR) is 114 cm³/mol. The zero-order valence-electron chi connectivity index (χ0n) is 18.3. The highest BCUT2D eigenvalue weighted by Crippen LogP contribution is 2.23. The molecule has 0 heterocycles. The van der Waals surface area contributed by atoms with E-state index in [-0.39, 0.29) is 19.1 Å². The number of rotatable bonds is 11. The van der Waals surface area contributed by atoms with E-state index < -0.39 is 18.2 Å². The van der Waals surface area contributed by atoms with Gasteiger partial charge in [-0.3, -0.25) is 0 Å². The van der Waals surface area contributed by atoms with Gasteiger partial charge in [-0.25, -0.2) is 10.1 Å². The molecule has 3 N–H and O–H groups in total. The zero-order valence-corrected chi connectivity index (χ0v) is 18.3. The molecule has 0 spiro atoms. The van der Waals surface area contributed by atoms with E-state index in [4.69, 9.17) is 18.9 Å². The van der Waals surface area contributed by atoms with Gasteiger partial charge in [-0.2, -0.15) is 4.79 Å². The molecule has 0 saturated heterocycles. The van der Waals surface area contributed by atoms with Gasteiger partial charge in [0.05, 0.1) is 19.8 Å². The van der Waals surface area contributed by atoms with E-state index in [9.17, 15) is 14.7 Å². The number of primary amides is 1. The van der Waals surface area contributed by atoms with Crippen molar-refractivity contribution in [2.24, 2.45) is 0 Å². The van der Waals surface area contributed by atoms with Gasteiger partial charge < -0.3 is 24.1 Å². The van der Waals surface area contributed by atoms with E-state index in [1.807, 2.05) is 6.92 Å². The van der Waals surface area contributed by atoms with Gasteiger partial charge in [-0.15, -0.1) is 0 Å². The molecule has 0 aliphatic carbocycles. The smallest absolute Gasteiger partial charge is 0.497 e. The predicted octanol–water partition coefficient (Wildman–Crippen LogP) is 3.05. The maximum Gasteiger partial charge on any atom is 0.518 e. The lowest BCUT2D eigenvalue weighted by Gasteiger charge is -2.18. The highest BCUT2D eigenvalue weighted by atomic mass is 16.5. The van der Waals surface area contributed by atoms with Crippen LogP contribution in [0.25, 0.3) is 0 Å². The average Bonchev–Trinajstić information content (AvgIpc) is 2.73. The van der Waals surface area contributed by atoms with Gasteiger partial charge in [-0.05, 0) is 50.6 Å². The quantitative estimate of drug-likeness (QED) is 0.526. The summed E-state index contributed by atoms with van der Waals surface area (Å²) in [6.45, 7) is 5.89. The van der Waals surface area contributed by atoms with Crippen LogP contribution in [0, 0.1) is 0 Å². The second kappa shape index (κ2) is 11.9. The van der Waals surface area contributed by atoms with Gasteiger partial charge in [-0.1, -0.05) is 6.07 Å². The fraction of sp³-hybridized carbons (Fsp3) is 0.391. The van der Waals surface area contributed by atoms with Crippen LogP contribution >= 0.6 is 0 Å². The summed E-state index contributed by atoms with van der Waals surface area (Å²) < 4.78 is 21.6. The number of methoxy groups -OCH3 is 1. The first-order chi connectivity index (χ1) is 14.8. The molecule has 168 valence electrons. The molecule has 8 heteroatoms. The number of ether oxygens (including phenoxy) is 4. The van der Waals surface area contributed by atoms with Crippen molar-refractivity contribution in [1.82, 2.24) is 0 Å². The Morgan fingerprint density at radius 1 is 1.10 bits per heavy atom. The molecule has 8 nitrogen and oxygen atoms in total. The van der Waals surface area contributed by atoms with Crippen LogP contribution in [0.4, 0.5) is 10.5 Å². The molecule has 0 fully saturated rings. The Bertz CT molecular complexity index is 865. The van der Waals surface area contributed by atoms with Gasteiger partial charge in [0.15, 0.2) is 6.10 Å². The van der Waals surface area contributed by atoms with E-state index in [2.05, 4.69) is 0 Å². The molecule has 0 aliphatic heterocycles. The van der Waals surface area contributed by atoms with E-state index in [0.29, 0.717) is 29.4 Å². The maximum atomic E-state index is 12.2. The monoisotopic (exact) mass is 432 g/mol. The van der Waals surface area contributed by atoms with E-state index in [0.717, 1.165) is 5.56 Å². The van der Waals surface area contributed by atoms with Crippen LogP contribution in [0.3, 0.4) is 0 Å². The molecule has 0 aliphatic rings. The Hall–Kier alpha value is -3.10. The molecule has 0 aromatic heterocycles.